The molecule has 1 saturated carbocycles. The molecule has 2 aliphatic heterocycles. The number of ether oxygens (including phenoxy) is 1. The minimum absolute atomic E-state index is 0.0173. The molecule has 0 aromatic heterocycles. The number of carbonyl (C=O) groups is 10. The number of nitrogens with one attached hydrogen (secondary N) is 6. The monoisotopic (exact) mass is 1180 g/mol. The lowest BCUT2D eigenvalue weighted by molar-refractivity contribution is -0.142. The third-order valence-electron chi connectivity index (χ3n) is 14.9. The van der Waals surface area contributed by atoms with Gasteiger partial charge in [0.15, 0.2) is 11.7 Å². The molecular weight excluding hydrogens is 1110 g/mol. The number of Topliss-reactive ketones (excluding diaryl/α,β-unsaturated/α-hetero) is 1. The molecule has 0 radical (unpaired) electrons. The first-order valence-electron chi connectivity index (χ1n) is 27.7. The van der Waals surface area contributed by atoms with E-state index >= 15 is 9.59 Å². The van der Waals surface area contributed by atoms with Gasteiger partial charge in [0.1, 0.15) is 36.0 Å². The lowest BCUT2D eigenvalue weighted by atomic mass is 9.75. The largest absolute Gasteiger partial charge is 0.497 e. The molecule has 1 aliphatic carbocycles. The fourth-order valence-electron chi connectivity index (χ4n) is 10.5. The molecule has 3 fully saturated rings. The molecule has 0 bridgehead atoms. The number of guanidine groups is 1. The van der Waals surface area contributed by atoms with Crippen LogP contribution in [-0.2, 0) is 60.8 Å². The Morgan fingerprint density at radius 1 is 0.747 bits per heavy atom. The molecule has 9 amide bonds. The molecule has 3 aromatic rings. The van der Waals surface area contributed by atoms with Crippen molar-refractivity contribution >= 4 is 86.5 Å². The average Bonchev–Trinajstić information content (AvgIpc) is 4.20. The molecule has 6 rings (SSSR count). The SMILES string of the molecule is COc1ccc(C[C@@H]2N[C@@H](Cc3ccccc3)C(=O)N[C@@H](CCC(N)=O)C(=O)N[C@@H](CC(N)=O)C(=O)N[C@H](C(=O)N3CCC[C@H]3C(=O)N[C@@H](CCCN=C(N)N)C(=O)NCC(N)=O)CSSC3(CCC(c4ccccc4)CC3)CC2=O)cc1. The summed E-state index contributed by atoms with van der Waals surface area (Å²) in [4.78, 5) is 144. The van der Waals surface area contributed by atoms with Crippen LogP contribution < -0.4 is 65.3 Å². The van der Waals surface area contributed by atoms with Gasteiger partial charge in [-0.25, -0.2) is 0 Å². The van der Waals surface area contributed by atoms with Crippen LogP contribution >= 0.6 is 21.6 Å². The van der Waals surface area contributed by atoms with E-state index in [1.54, 1.807) is 31.4 Å². The molecular formula is C57H77N13O11S2. The Morgan fingerprint density at radius 2 is 1.37 bits per heavy atom. The van der Waals surface area contributed by atoms with Crippen LogP contribution in [0.25, 0.3) is 0 Å². The summed E-state index contributed by atoms with van der Waals surface area (Å²) >= 11 is 0. The zero-order chi connectivity index (χ0) is 60.1. The van der Waals surface area contributed by atoms with Crippen molar-refractivity contribution in [2.24, 2.45) is 33.7 Å². The number of aliphatic imine (C=N–C) groups is 1. The maximum absolute atomic E-state index is 15.4. The van der Waals surface area contributed by atoms with Gasteiger partial charge in [0.05, 0.1) is 32.2 Å². The lowest BCUT2D eigenvalue weighted by Crippen LogP contribution is -2.61. The first-order valence-corrected chi connectivity index (χ1v) is 30.1. The second kappa shape index (κ2) is 31.6. The van der Waals surface area contributed by atoms with Crippen LogP contribution in [0.5, 0.6) is 5.75 Å². The number of likely N-dealkylation sites (tertiary alicyclic amines) is 1. The van der Waals surface area contributed by atoms with Crippen LogP contribution in [-0.4, -0.2) is 149 Å². The molecule has 7 atom stereocenters. The molecule has 3 aromatic carbocycles. The number of amides is 9. The standard InChI is InChI=1S/C57H77N13O11S2/c1-81-38-18-16-35(17-19-38)28-41-46(71)31-57(24-22-37(23-25-57)36-12-6-3-7-13-36)83-82-33-44(55(80)70-27-9-15-45(70)54(79)67-39(14-8-26-63-56(61)62)50(75)64-32-49(60)74)69-53(78)43(30-48(59)73)68-51(76)40(20-21-47(58)72)66-52(77)42(65-41)29-34-10-4-2-5-11-34/h2-7,10-13,16-19,37,39-45,65H,8-9,14-15,20-33H2,1H3,(H2,58,72)(H2,59,73)(H2,60,74)(H,64,75)(H,66,77)(H,67,79)(H,68,76)(H,69,78)(H4,61,62,63)/t37?,39-,40-,41-,42-,43-,44-,45-,57?/m0/s1. The van der Waals surface area contributed by atoms with Crippen LogP contribution in [0.2, 0.25) is 0 Å². The fourth-order valence-corrected chi connectivity index (χ4v) is 13.9. The highest BCUT2D eigenvalue weighted by Gasteiger charge is 2.44. The molecule has 448 valence electrons. The second-order valence-electron chi connectivity index (χ2n) is 21.1. The van der Waals surface area contributed by atoms with Gasteiger partial charge in [-0.2, -0.15) is 0 Å². The van der Waals surface area contributed by atoms with E-state index in [0.29, 0.717) is 37.9 Å². The summed E-state index contributed by atoms with van der Waals surface area (Å²) in [6.07, 6.45) is 2.06. The first kappa shape index (κ1) is 64.5. The molecule has 3 aliphatic rings. The van der Waals surface area contributed by atoms with E-state index in [2.05, 4.69) is 49.0 Å². The van der Waals surface area contributed by atoms with Gasteiger partial charge in [0.2, 0.25) is 53.2 Å². The zero-order valence-electron chi connectivity index (χ0n) is 46.5. The Bertz CT molecular complexity index is 2780. The second-order valence-corrected chi connectivity index (χ2v) is 23.9. The Labute approximate surface area is 490 Å². The topological polar surface area (TPSA) is 398 Å². The van der Waals surface area contributed by atoms with Crippen molar-refractivity contribution < 1.29 is 52.7 Å². The van der Waals surface area contributed by atoms with Crippen molar-refractivity contribution in [2.75, 3.05) is 32.5 Å². The summed E-state index contributed by atoms with van der Waals surface area (Å²) in [5.41, 5.74) is 30.1. The van der Waals surface area contributed by atoms with Crippen molar-refractivity contribution in [1.29, 1.82) is 0 Å². The molecule has 83 heavy (non-hydrogen) atoms. The predicted molar refractivity (Wildman–Crippen MR) is 314 cm³/mol. The minimum atomic E-state index is -1.72. The average molecular weight is 1180 g/mol. The summed E-state index contributed by atoms with van der Waals surface area (Å²) < 4.78 is 4.67. The Balaban J connectivity index is 1.40. The smallest absolute Gasteiger partial charge is 0.246 e. The van der Waals surface area contributed by atoms with Crippen LogP contribution in [0.15, 0.2) is 89.9 Å². The third kappa shape index (κ3) is 20.0. The molecule has 2 heterocycles. The number of primary amides is 3. The van der Waals surface area contributed by atoms with Crippen molar-refractivity contribution in [1.82, 2.24) is 36.8 Å². The summed E-state index contributed by atoms with van der Waals surface area (Å²) in [7, 11) is 4.20. The number of nitrogens with two attached hydrogens (primary N) is 5. The van der Waals surface area contributed by atoms with E-state index in [1.807, 2.05) is 48.5 Å². The van der Waals surface area contributed by atoms with Gasteiger partial charge in [0.25, 0.3) is 0 Å². The molecule has 1 spiro atoms. The molecule has 16 N–H and O–H groups in total. The summed E-state index contributed by atoms with van der Waals surface area (Å²) in [5.74, 6) is -7.22. The van der Waals surface area contributed by atoms with Gasteiger partial charge in [-0.3, -0.25) is 58.3 Å². The Morgan fingerprint density at radius 3 is 2.01 bits per heavy atom. The van der Waals surface area contributed by atoms with Crippen LogP contribution in [0.4, 0.5) is 0 Å². The first-order chi connectivity index (χ1) is 39.7. The van der Waals surface area contributed by atoms with Gasteiger partial charge in [-0.05, 0) is 105 Å². The third-order valence-corrected chi connectivity index (χ3v) is 18.3. The molecule has 24 nitrogen and oxygen atoms in total. The van der Waals surface area contributed by atoms with Crippen LogP contribution in [0.3, 0.4) is 0 Å². The van der Waals surface area contributed by atoms with Gasteiger partial charge in [-0.15, -0.1) is 0 Å². The van der Waals surface area contributed by atoms with Crippen molar-refractivity contribution in [3.63, 3.8) is 0 Å². The van der Waals surface area contributed by atoms with Gasteiger partial charge < -0.3 is 64.9 Å². The summed E-state index contributed by atoms with van der Waals surface area (Å²) in [5, 5.41) is 16.5. The minimum Gasteiger partial charge on any atom is -0.497 e. The quantitative estimate of drug-likeness (QED) is 0.0289. The Kier molecular flexibility index (Phi) is 24.6. The number of ketones is 1. The zero-order valence-corrected chi connectivity index (χ0v) is 48.2. The maximum atomic E-state index is 15.4. The van der Waals surface area contributed by atoms with Crippen LogP contribution in [0, 0.1) is 0 Å². The van der Waals surface area contributed by atoms with E-state index in [0.717, 1.165) is 16.7 Å². The maximum Gasteiger partial charge on any atom is 0.246 e. The van der Waals surface area contributed by atoms with Gasteiger partial charge in [0, 0.05) is 36.4 Å². The normalized spacial score (nSPS) is 24.1. The van der Waals surface area contributed by atoms with Gasteiger partial charge >= 0.3 is 0 Å². The number of carbonyl (C=O) groups excluding carboxylic acids is 10. The van der Waals surface area contributed by atoms with Crippen molar-refractivity contribution in [3.05, 3.63) is 102 Å². The number of methoxy groups -OCH3 is 1. The van der Waals surface area contributed by atoms with E-state index in [-0.39, 0.29) is 87.9 Å². The highest BCUT2D eigenvalue weighted by molar-refractivity contribution is 8.77. The molecule has 2 saturated heterocycles. The number of hydrogen-bond donors (Lipinski definition) is 11. The number of nitrogens with zero attached hydrogens (tertiary/aromatic N) is 2. The van der Waals surface area contributed by atoms with E-state index < -0.39 is 113 Å². The summed E-state index contributed by atoms with van der Waals surface area (Å²) in [6.45, 7) is -0.342. The highest BCUT2D eigenvalue weighted by Crippen LogP contribution is 2.52. The number of hydrogen-bond acceptors (Lipinski definition) is 15. The number of rotatable bonds is 21. The number of benzene rings is 3. The van der Waals surface area contributed by atoms with Crippen molar-refractivity contribution in [2.45, 2.75) is 143 Å². The van der Waals surface area contributed by atoms with E-state index in [9.17, 15) is 38.4 Å². The van der Waals surface area contributed by atoms with Crippen molar-refractivity contribution in [3.8, 4) is 5.75 Å². The molecule has 0 unspecified atom stereocenters. The van der Waals surface area contributed by atoms with E-state index in [4.69, 9.17) is 33.4 Å². The Hall–Kier alpha value is -7.71. The van der Waals surface area contributed by atoms with E-state index in [1.165, 1.54) is 26.5 Å². The van der Waals surface area contributed by atoms with Crippen LogP contribution in [0.1, 0.15) is 99.7 Å². The lowest BCUT2D eigenvalue weighted by Gasteiger charge is -2.40. The highest BCUT2D eigenvalue weighted by atomic mass is 33.1. The molecule has 26 heteroatoms. The summed E-state index contributed by atoms with van der Waals surface area (Å²) in [6, 6.07) is 17.2. The van der Waals surface area contributed by atoms with Gasteiger partial charge in [-0.1, -0.05) is 94.4 Å². The predicted octanol–water partition coefficient (Wildman–Crippen LogP) is -0.0158. The fraction of sp³-hybridized carbons (Fsp3) is 0.491.